The Bertz CT molecular complexity index is 897. The fourth-order valence-corrected chi connectivity index (χ4v) is 5.93. The summed E-state index contributed by atoms with van der Waals surface area (Å²) in [4.78, 5) is 41.6. The van der Waals surface area contributed by atoms with Gasteiger partial charge in [-0.2, -0.15) is 0 Å². The van der Waals surface area contributed by atoms with E-state index in [9.17, 15) is 14.4 Å². The summed E-state index contributed by atoms with van der Waals surface area (Å²) in [5.41, 5.74) is 1.22. The first kappa shape index (κ1) is 18.6. The van der Waals surface area contributed by atoms with E-state index in [1.165, 1.54) is 0 Å². The van der Waals surface area contributed by atoms with E-state index < -0.39 is 5.60 Å². The molecule has 0 unspecified atom stereocenters. The number of carbonyl (C=O) groups excluding carboxylic acids is 3. The second-order valence-corrected chi connectivity index (χ2v) is 9.21. The second-order valence-electron chi connectivity index (χ2n) is 9.21. The third-order valence-electron chi connectivity index (χ3n) is 7.42. The predicted molar refractivity (Wildman–Crippen MR) is 107 cm³/mol. The average molecular weight is 396 g/mol. The molecule has 4 atom stereocenters. The van der Waals surface area contributed by atoms with Crippen LogP contribution in [0.3, 0.4) is 0 Å². The first-order chi connectivity index (χ1) is 13.9. The number of aryl methyl sites for hydroxylation is 1. The zero-order valence-corrected chi connectivity index (χ0v) is 17.1. The third-order valence-corrected chi connectivity index (χ3v) is 7.42. The van der Waals surface area contributed by atoms with Crippen molar-refractivity contribution in [2.24, 2.45) is 17.8 Å². The fourth-order valence-electron chi connectivity index (χ4n) is 5.93. The molecule has 0 bridgehead atoms. The number of hydrogen-bond acceptors (Lipinski definition) is 4. The van der Waals surface area contributed by atoms with Gasteiger partial charge in [0.25, 0.3) is 0 Å². The van der Waals surface area contributed by atoms with Gasteiger partial charge in [0, 0.05) is 44.9 Å². The Morgan fingerprint density at radius 2 is 1.90 bits per heavy atom. The molecule has 1 aromatic rings. The van der Waals surface area contributed by atoms with Gasteiger partial charge in [-0.3, -0.25) is 14.4 Å². The van der Waals surface area contributed by atoms with E-state index in [1.54, 1.807) is 6.92 Å². The number of carbonyl (C=O) groups is 3. The van der Waals surface area contributed by atoms with Gasteiger partial charge in [-0.25, -0.2) is 0 Å². The van der Waals surface area contributed by atoms with Crippen LogP contribution < -0.4 is 4.74 Å². The van der Waals surface area contributed by atoms with Gasteiger partial charge < -0.3 is 14.5 Å². The highest BCUT2D eigenvalue weighted by Gasteiger charge is 2.71. The van der Waals surface area contributed by atoms with Gasteiger partial charge in [-0.15, -0.1) is 0 Å². The van der Waals surface area contributed by atoms with Crippen molar-refractivity contribution in [3.05, 3.63) is 29.3 Å². The standard InChI is InChI=1S/C23H28N2O4/c1-14-4-5-19-17(12-14)18(27)13-23(29-19)7-6-16-20(21(16)23)22(28)25-9-3-8-24(10-11-25)15(2)26/h4-5,12,16,20-21H,3,6-11,13H2,1-2H3/t16-,20+,21+,23-/m0/s1. The Labute approximate surface area is 171 Å². The van der Waals surface area contributed by atoms with Crippen LogP contribution in [0.25, 0.3) is 0 Å². The lowest BCUT2D eigenvalue weighted by Gasteiger charge is -2.37. The smallest absolute Gasteiger partial charge is 0.226 e. The Balaban J connectivity index is 1.32. The summed E-state index contributed by atoms with van der Waals surface area (Å²) in [6.45, 7) is 6.19. The predicted octanol–water partition coefficient (Wildman–Crippen LogP) is 2.44. The lowest BCUT2D eigenvalue weighted by atomic mass is 9.84. The maximum atomic E-state index is 13.3. The second kappa shape index (κ2) is 6.57. The minimum Gasteiger partial charge on any atom is -0.486 e. The maximum Gasteiger partial charge on any atom is 0.226 e. The van der Waals surface area contributed by atoms with Crippen molar-refractivity contribution in [2.75, 3.05) is 26.2 Å². The largest absolute Gasteiger partial charge is 0.486 e. The van der Waals surface area contributed by atoms with Crippen LogP contribution in [0, 0.1) is 24.7 Å². The number of ketones is 1. The van der Waals surface area contributed by atoms with Gasteiger partial charge in [0.1, 0.15) is 11.4 Å². The molecule has 1 saturated heterocycles. The number of hydrogen-bond donors (Lipinski definition) is 0. The zero-order chi connectivity index (χ0) is 20.3. The Hall–Kier alpha value is -2.37. The molecule has 2 aliphatic heterocycles. The van der Waals surface area contributed by atoms with Gasteiger partial charge in [0.15, 0.2) is 5.78 Å². The van der Waals surface area contributed by atoms with Crippen LogP contribution in [0.2, 0.25) is 0 Å². The summed E-state index contributed by atoms with van der Waals surface area (Å²) in [6, 6.07) is 5.79. The Morgan fingerprint density at radius 3 is 2.69 bits per heavy atom. The summed E-state index contributed by atoms with van der Waals surface area (Å²) in [6.07, 6.45) is 3.00. The lowest BCUT2D eigenvalue weighted by molar-refractivity contribution is -0.135. The highest BCUT2D eigenvalue weighted by Crippen LogP contribution is 2.66. The summed E-state index contributed by atoms with van der Waals surface area (Å²) in [5, 5.41) is 0. The van der Waals surface area contributed by atoms with Crippen molar-refractivity contribution in [3.8, 4) is 5.75 Å². The number of ether oxygens (including phenoxy) is 1. The van der Waals surface area contributed by atoms with Gasteiger partial charge in [-0.1, -0.05) is 11.6 Å². The third kappa shape index (κ3) is 2.95. The summed E-state index contributed by atoms with van der Waals surface area (Å²) in [7, 11) is 0. The Morgan fingerprint density at radius 1 is 1.14 bits per heavy atom. The molecule has 6 nitrogen and oxygen atoms in total. The first-order valence-electron chi connectivity index (χ1n) is 10.8. The van der Waals surface area contributed by atoms with Crippen molar-refractivity contribution < 1.29 is 19.1 Å². The summed E-state index contributed by atoms with van der Waals surface area (Å²) >= 11 is 0. The molecular formula is C23H28N2O4. The number of fused-ring (bicyclic) bond motifs is 3. The summed E-state index contributed by atoms with van der Waals surface area (Å²) < 4.78 is 6.46. The quantitative estimate of drug-likeness (QED) is 0.731. The van der Waals surface area contributed by atoms with Crippen molar-refractivity contribution in [2.45, 2.75) is 45.1 Å². The molecule has 1 spiro atoms. The van der Waals surface area contributed by atoms with Crippen LogP contribution in [0.1, 0.15) is 48.5 Å². The van der Waals surface area contributed by atoms with Gasteiger partial charge in [-0.05, 0) is 44.2 Å². The molecule has 3 fully saturated rings. The molecule has 29 heavy (non-hydrogen) atoms. The van der Waals surface area contributed by atoms with Gasteiger partial charge in [0.2, 0.25) is 11.8 Å². The van der Waals surface area contributed by atoms with Gasteiger partial charge in [0.05, 0.1) is 12.0 Å². The molecule has 1 aromatic carbocycles. The normalized spacial score (nSPS) is 33.0. The van der Waals surface area contributed by atoms with Crippen LogP contribution in [0.5, 0.6) is 5.75 Å². The minimum absolute atomic E-state index is 0.0348. The van der Waals surface area contributed by atoms with E-state index in [-0.39, 0.29) is 29.4 Å². The lowest BCUT2D eigenvalue weighted by Crippen LogP contribution is -2.45. The maximum absolute atomic E-state index is 13.3. The highest BCUT2D eigenvalue weighted by molar-refractivity contribution is 6.01. The number of amides is 2. The molecular weight excluding hydrogens is 368 g/mol. The molecule has 0 N–H and O–H groups in total. The van der Waals surface area contributed by atoms with Crippen molar-refractivity contribution in [1.29, 1.82) is 0 Å². The summed E-state index contributed by atoms with van der Waals surface area (Å²) in [5.74, 6) is 1.51. The molecule has 2 heterocycles. The van der Waals surface area contributed by atoms with E-state index in [2.05, 4.69) is 0 Å². The van der Waals surface area contributed by atoms with E-state index >= 15 is 0 Å². The van der Waals surface area contributed by atoms with Crippen molar-refractivity contribution in [1.82, 2.24) is 9.80 Å². The van der Waals surface area contributed by atoms with Crippen LogP contribution in [0.15, 0.2) is 18.2 Å². The average Bonchev–Trinajstić information content (AvgIpc) is 3.39. The minimum atomic E-state index is -0.512. The molecule has 6 heteroatoms. The molecule has 0 radical (unpaired) electrons. The van der Waals surface area contributed by atoms with Crippen LogP contribution >= 0.6 is 0 Å². The molecule has 4 aliphatic rings. The van der Waals surface area contributed by atoms with Crippen molar-refractivity contribution in [3.63, 3.8) is 0 Å². The van der Waals surface area contributed by atoms with E-state index in [0.717, 1.165) is 24.8 Å². The molecule has 2 amide bonds. The topological polar surface area (TPSA) is 66.9 Å². The number of Topliss-reactive ketones (excluding diaryl/α,β-unsaturated/α-hetero) is 1. The van der Waals surface area contributed by atoms with Crippen molar-refractivity contribution >= 4 is 17.6 Å². The van der Waals surface area contributed by atoms with E-state index in [4.69, 9.17) is 4.74 Å². The van der Waals surface area contributed by atoms with Crippen LogP contribution in [-0.4, -0.2) is 59.2 Å². The molecule has 154 valence electrons. The molecule has 5 rings (SSSR count). The van der Waals surface area contributed by atoms with Crippen LogP contribution in [0.4, 0.5) is 0 Å². The number of nitrogens with zero attached hydrogens (tertiary/aromatic N) is 2. The Kier molecular flexibility index (Phi) is 4.23. The number of benzene rings is 1. The molecule has 0 aromatic heterocycles. The first-order valence-corrected chi connectivity index (χ1v) is 10.8. The van der Waals surface area contributed by atoms with E-state index in [1.807, 2.05) is 34.9 Å². The molecule has 2 aliphatic carbocycles. The van der Waals surface area contributed by atoms with Crippen LogP contribution in [-0.2, 0) is 9.59 Å². The zero-order valence-electron chi connectivity index (χ0n) is 17.1. The van der Waals surface area contributed by atoms with E-state index in [0.29, 0.717) is 49.8 Å². The highest BCUT2D eigenvalue weighted by atomic mass is 16.5. The van der Waals surface area contributed by atoms with Gasteiger partial charge >= 0.3 is 0 Å². The molecule has 2 saturated carbocycles. The fraction of sp³-hybridized carbons (Fsp3) is 0.609. The number of rotatable bonds is 1. The SMILES string of the molecule is CC(=O)N1CCCN(C(=O)[C@@H]2[C@@H]3CC[C@]4(CC(=O)c5cc(C)ccc5O4)[C@H]32)CC1. The monoisotopic (exact) mass is 396 g/mol.